The van der Waals surface area contributed by atoms with Crippen molar-refractivity contribution in [3.8, 4) is 5.75 Å². The minimum absolute atomic E-state index is 0.0510. The summed E-state index contributed by atoms with van der Waals surface area (Å²) in [5.74, 6) is 0.453. The smallest absolute Gasteiger partial charge is 0.223 e. The Bertz CT molecular complexity index is 518. The van der Waals surface area contributed by atoms with Crippen LogP contribution in [0.15, 0.2) is 24.3 Å². The molecular weight excluding hydrogens is 294 g/mol. The fraction of sp³-hybridized carbons (Fsp3) is 0.529. The van der Waals surface area contributed by atoms with E-state index in [0.717, 1.165) is 13.0 Å². The van der Waals surface area contributed by atoms with Gasteiger partial charge in [0.2, 0.25) is 11.8 Å². The van der Waals surface area contributed by atoms with Crippen molar-refractivity contribution in [2.24, 2.45) is 0 Å². The van der Waals surface area contributed by atoms with E-state index in [9.17, 15) is 9.59 Å². The number of nitrogens with zero attached hydrogens (tertiary/aromatic N) is 2. The van der Waals surface area contributed by atoms with Gasteiger partial charge in [-0.15, -0.1) is 0 Å². The number of ether oxygens (including phenoxy) is 1. The topological polar surface area (TPSA) is 61.9 Å². The number of para-hydroxylation sites is 2. The van der Waals surface area contributed by atoms with Gasteiger partial charge in [-0.1, -0.05) is 12.1 Å². The van der Waals surface area contributed by atoms with Gasteiger partial charge >= 0.3 is 0 Å². The zero-order valence-electron chi connectivity index (χ0n) is 14.5. The molecule has 0 saturated carbocycles. The van der Waals surface area contributed by atoms with Gasteiger partial charge in [-0.2, -0.15) is 0 Å². The highest BCUT2D eigenvalue weighted by Gasteiger charge is 2.16. The molecule has 0 spiro atoms. The molecule has 0 aliphatic rings. The molecule has 1 aromatic rings. The van der Waals surface area contributed by atoms with Gasteiger partial charge in [0, 0.05) is 26.4 Å². The highest BCUT2D eigenvalue weighted by Crippen LogP contribution is 2.27. The van der Waals surface area contributed by atoms with Crippen molar-refractivity contribution in [1.82, 2.24) is 10.2 Å². The molecule has 0 radical (unpaired) electrons. The standard InChI is InChI=1S/C17H27N3O3/c1-14(21)20(15-8-5-6-9-16(15)23-4)13-10-17(22)18-11-7-12-19(2)3/h5-6,8-9H,7,10-13H2,1-4H3,(H,18,22). The average molecular weight is 321 g/mol. The lowest BCUT2D eigenvalue weighted by Crippen LogP contribution is -2.34. The second kappa shape index (κ2) is 9.84. The molecule has 6 heteroatoms. The van der Waals surface area contributed by atoms with Gasteiger partial charge in [-0.3, -0.25) is 9.59 Å². The first kappa shape index (κ1) is 19.0. The largest absolute Gasteiger partial charge is 0.495 e. The van der Waals surface area contributed by atoms with Crippen LogP contribution in [0.4, 0.5) is 5.69 Å². The molecule has 0 aliphatic heterocycles. The van der Waals surface area contributed by atoms with Gasteiger partial charge < -0.3 is 19.9 Å². The molecule has 0 heterocycles. The maximum Gasteiger partial charge on any atom is 0.223 e. The summed E-state index contributed by atoms with van der Waals surface area (Å²) in [7, 11) is 5.56. The molecule has 1 aromatic carbocycles. The van der Waals surface area contributed by atoms with Crippen LogP contribution < -0.4 is 15.0 Å². The summed E-state index contributed by atoms with van der Waals surface area (Å²) in [6.07, 6.45) is 1.17. The van der Waals surface area contributed by atoms with Gasteiger partial charge in [0.15, 0.2) is 0 Å². The average Bonchev–Trinajstić information content (AvgIpc) is 2.51. The van der Waals surface area contributed by atoms with Crippen LogP contribution in [0.1, 0.15) is 19.8 Å². The molecule has 2 amide bonds. The fourth-order valence-corrected chi connectivity index (χ4v) is 2.23. The minimum Gasteiger partial charge on any atom is -0.495 e. The van der Waals surface area contributed by atoms with E-state index in [-0.39, 0.29) is 18.2 Å². The van der Waals surface area contributed by atoms with Crippen molar-refractivity contribution in [3.05, 3.63) is 24.3 Å². The Hall–Kier alpha value is -2.08. The summed E-state index contributed by atoms with van der Waals surface area (Å²) in [6, 6.07) is 7.30. The number of carbonyl (C=O) groups excluding carboxylic acids is 2. The maximum absolute atomic E-state index is 11.9. The molecule has 0 atom stereocenters. The maximum atomic E-state index is 11.9. The molecule has 0 aliphatic carbocycles. The van der Waals surface area contributed by atoms with E-state index in [1.807, 2.05) is 32.3 Å². The van der Waals surface area contributed by atoms with Crippen LogP contribution in [0, 0.1) is 0 Å². The SMILES string of the molecule is COc1ccccc1N(CCC(=O)NCCCN(C)C)C(C)=O. The van der Waals surface area contributed by atoms with Crippen molar-refractivity contribution in [2.45, 2.75) is 19.8 Å². The molecule has 1 N–H and O–H groups in total. The molecule has 0 unspecified atom stereocenters. The van der Waals surface area contributed by atoms with Crippen molar-refractivity contribution in [2.75, 3.05) is 45.7 Å². The van der Waals surface area contributed by atoms with Crippen LogP contribution in [-0.4, -0.2) is 57.6 Å². The van der Waals surface area contributed by atoms with Crippen LogP contribution in [0.2, 0.25) is 0 Å². The first-order valence-electron chi connectivity index (χ1n) is 7.78. The molecule has 6 nitrogen and oxygen atoms in total. The highest BCUT2D eigenvalue weighted by molar-refractivity contribution is 5.93. The van der Waals surface area contributed by atoms with Gasteiger partial charge in [0.25, 0.3) is 0 Å². The first-order valence-corrected chi connectivity index (χ1v) is 7.78. The number of amides is 2. The molecular formula is C17H27N3O3. The van der Waals surface area contributed by atoms with Crippen LogP contribution >= 0.6 is 0 Å². The Morgan fingerprint density at radius 1 is 1.17 bits per heavy atom. The lowest BCUT2D eigenvalue weighted by molar-refractivity contribution is -0.121. The molecule has 0 fully saturated rings. The van der Waals surface area contributed by atoms with Gasteiger partial charge in [-0.05, 0) is 39.2 Å². The predicted molar refractivity (Wildman–Crippen MR) is 91.8 cm³/mol. The number of methoxy groups -OCH3 is 1. The van der Waals surface area contributed by atoms with E-state index in [2.05, 4.69) is 10.2 Å². The summed E-state index contributed by atoms with van der Waals surface area (Å²) in [5, 5.41) is 2.88. The Balaban J connectivity index is 2.54. The number of hydrogen-bond acceptors (Lipinski definition) is 4. The third-order valence-electron chi connectivity index (χ3n) is 3.42. The van der Waals surface area contributed by atoms with E-state index >= 15 is 0 Å². The molecule has 0 saturated heterocycles. The number of nitrogens with one attached hydrogen (secondary N) is 1. The van der Waals surface area contributed by atoms with Crippen LogP contribution in [0.3, 0.4) is 0 Å². The molecule has 23 heavy (non-hydrogen) atoms. The summed E-state index contributed by atoms with van der Waals surface area (Å²) < 4.78 is 5.29. The van der Waals surface area contributed by atoms with Gasteiger partial charge in [0.05, 0.1) is 12.8 Å². The normalized spacial score (nSPS) is 10.5. The Morgan fingerprint density at radius 2 is 1.87 bits per heavy atom. The van der Waals surface area contributed by atoms with E-state index in [1.165, 1.54) is 6.92 Å². The van der Waals surface area contributed by atoms with Gasteiger partial charge in [0.1, 0.15) is 5.75 Å². The van der Waals surface area contributed by atoms with E-state index < -0.39 is 0 Å². The molecule has 0 aromatic heterocycles. The lowest BCUT2D eigenvalue weighted by atomic mass is 10.2. The monoisotopic (exact) mass is 321 g/mol. The summed E-state index contributed by atoms with van der Waals surface area (Å²) in [4.78, 5) is 27.4. The van der Waals surface area contributed by atoms with Crippen molar-refractivity contribution < 1.29 is 14.3 Å². The predicted octanol–water partition coefficient (Wildman–Crippen LogP) is 1.51. The first-order chi connectivity index (χ1) is 11.0. The second-order valence-corrected chi connectivity index (χ2v) is 5.60. The van der Waals surface area contributed by atoms with Crippen molar-refractivity contribution in [1.29, 1.82) is 0 Å². The van der Waals surface area contributed by atoms with Crippen LogP contribution in [0.5, 0.6) is 5.75 Å². The minimum atomic E-state index is -0.116. The second-order valence-electron chi connectivity index (χ2n) is 5.60. The third-order valence-corrected chi connectivity index (χ3v) is 3.42. The third kappa shape index (κ3) is 6.69. The van der Waals surface area contributed by atoms with Crippen LogP contribution in [-0.2, 0) is 9.59 Å². The van der Waals surface area contributed by atoms with E-state index in [0.29, 0.717) is 24.5 Å². The Kier molecular flexibility index (Phi) is 8.11. The summed E-state index contributed by atoms with van der Waals surface area (Å²) in [6.45, 7) is 3.39. The molecule has 1 rings (SSSR count). The molecule has 128 valence electrons. The van der Waals surface area contributed by atoms with Gasteiger partial charge in [-0.25, -0.2) is 0 Å². The Labute approximate surface area is 138 Å². The van der Waals surface area contributed by atoms with E-state index in [4.69, 9.17) is 4.74 Å². The van der Waals surface area contributed by atoms with Crippen molar-refractivity contribution >= 4 is 17.5 Å². The molecule has 0 bridgehead atoms. The van der Waals surface area contributed by atoms with Crippen molar-refractivity contribution in [3.63, 3.8) is 0 Å². The number of carbonyl (C=O) groups is 2. The Morgan fingerprint density at radius 3 is 2.48 bits per heavy atom. The summed E-state index contributed by atoms with van der Waals surface area (Å²) >= 11 is 0. The highest BCUT2D eigenvalue weighted by atomic mass is 16.5. The number of benzene rings is 1. The zero-order valence-corrected chi connectivity index (χ0v) is 14.5. The quantitative estimate of drug-likeness (QED) is 0.700. The fourth-order valence-electron chi connectivity index (χ4n) is 2.23. The van der Waals surface area contributed by atoms with E-state index in [1.54, 1.807) is 18.1 Å². The number of anilines is 1. The number of hydrogen-bond donors (Lipinski definition) is 1. The number of rotatable bonds is 9. The van der Waals surface area contributed by atoms with Crippen LogP contribution in [0.25, 0.3) is 0 Å². The summed E-state index contributed by atoms with van der Waals surface area (Å²) in [5.41, 5.74) is 0.683. The lowest BCUT2D eigenvalue weighted by Gasteiger charge is -2.23. The zero-order chi connectivity index (χ0) is 17.2.